The van der Waals surface area contributed by atoms with Gasteiger partial charge in [0.05, 0.1) is 6.42 Å². The molecule has 1 aliphatic rings. The van der Waals surface area contributed by atoms with Gasteiger partial charge in [-0.05, 0) is 18.4 Å². The normalized spacial score (nSPS) is 19.2. The first-order chi connectivity index (χ1) is 12.6. The highest BCUT2D eigenvalue weighted by Gasteiger charge is 2.37. The van der Waals surface area contributed by atoms with Crippen molar-refractivity contribution in [2.24, 2.45) is 0 Å². The standard InChI is InChI=1S/C16H14F5NO5/c17-11-10(12(18)14(20)15(21)13(11)19)16(27)22-2-1-6(8(24)5-23)3-7(22)4-9(25)26/h7,23-24H,1-5H2,(H,25,26). The Kier molecular flexibility index (Phi) is 6.04. The van der Waals surface area contributed by atoms with E-state index in [0.29, 0.717) is 4.90 Å². The van der Waals surface area contributed by atoms with Gasteiger partial charge in [-0.25, -0.2) is 22.0 Å². The van der Waals surface area contributed by atoms with Gasteiger partial charge in [0, 0.05) is 12.6 Å². The van der Waals surface area contributed by atoms with Crippen LogP contribution in [-0.2, 0) is 4.79 Å². The number of carboxylic acids is 1. The zero-order valence-electron chi connectivity index (χ0n) is 13.6. The van der Waals surface area contributed by atoms with Crippen LogP contribution in [0.3, 0.4) is 0 Å². The van der Waals surface area contributed by atoms with E-state index in [9.17, 15) is 36.6 Å². The first-order valence-electron chi connectivity index (χ1n) is 7.65. The summed E-state index contributed by atoms with van der Waals surface area (Å²) in [7, 11) is 0. The van der Waals surface area contributed by atoms with Crippen molar-refractivity contribution in [1.82, 2.24) is 4.90 Å². The number of nitrogens with zero attached hydrogens (tertiary/aromatic N) is 1. The molecule has 1 aromatic rings. The van der Waals surface area contributed by atoms with Crippen molar-refractivity contribution in [2.75, 3.05) is 13.2 Å². The topological polar surface area (TPSA) is 98.1 Å². The first-order valence-corrected chi connectivity index (χ1v) is 7.65. The zero-order chi connectivity index (χ0) is 20.5. The SMILES string of the molecule is O=C(O)CC1CC(=C(O)CO)CCN1C(=O)c1c(F)c(F)c(F)c(F)c1F. The number of aliphatic hydroxyl groups is 2. The smallest absolute Gasteiger partial charge is 0.305 e. The van der Waals surface area contributed by atoms with Gasteiger partial charge in [0.2, 0.25) is 5.82 Å². The van der Waals surface area contributed by atoms with Gasteiger partial charge in [-0.1, -0.05) is 0 Å². The lowest BCUT2D eigenvalue weighted by molar-refractivity contribution is -0.138. The number of piperidine rings is 1. The highest BCUT2D eigenvalue weighted by Crippen LogP contribution is 2.30. The number of halogens is 5. The molecule has 11 heteroatoms. The van der Waals surface area contributed by atoms with Crippen LogP contribution in [0.25, 0.3) is 0 Å². The van der Waals surface area contributed by atoms with Gasteiger partial charge in [-0.2, -0.15) is 0 Å². The quantitative estimate of drug-likeness (QED) is 0.315. The Bertz CT molecular complexity index is 797. The van der Waals surface area contributed by atoms with E-state index in [1.807, 2.05) is 0 Å². The molecule has 148 valence electrons. The van der Waals surface area contributed by atoms with Crippen molar-refractivity contribution in [3.05, 3.63) is 46.0 Å². The van der Waals surface area contributed by atoms with Gasteiger partial charge in [0.15, 0.2) is 23.3 Å². The molecule has 1 unspecified atom stereocenters. The highest BCUT2D eigenvalue weighted by molar-refractivity contribution is 5.95. The molecule has 1 heterocycles. The molecular formula is C16H14F5NO5. The van der Waals surface area contributed by atoms with E-state index in [1.54, 1.807) is 0 Å². The average molecular weight is 395 g/mol. The number of likely N-dealkylation sites (tertiary alicyclic amines) is 1. The molecule has 27 heavy (non-hydrogen) atoms. The van der Waals surface area contributed by atoms with Crippen LogP contribution in [0.5, 0.6) is 0 Å². The number of rotatable bonds is 4. The van der Waals surface area contributed by atoms with Crippen molar-refractivity contribution in [3.8, 4) is 0 Å². The molecular weight excluding hydrogens is 381 g/mol. The lowest BCUT2D eigenvalue weighted by Crippen LogP contribution is -2.46. The molecule has 3 N–H and O–H groups in total. The van der Waals surface area contributed by atoms with Crippen LogP contribution in [0.2, 0.25) is 0 Å². The number of carbonyl (C=O) groups is 2. The number of aliphatic carboxylic acids is 1. The summed E-state index contributed by atoms with van der Waals surface area (Å²) in [5.74, 6) is -15.0. The second kappa shape index (κ2) is 7.91. The molecule has 1 saturated heterocycles. The predicted octanol–water partition coefficient (Wildman–Crippen LogP) is 2.27. The summed E-state index contributed by atoms with van der Waals surface area (Å²) >= 11 is 0. The third-order valence-corrected chi connectivity index (χ3v) is 4.23. The number of hydrogen-bond acceptors (Lipinski definition) is 4. The summed E-state index contributed by atoms with van der Waals surface area (Å²) in [6.07, 6.45) is -1.03. The Hall–Kier alpha value is -2.69. The Labute approximate surface area is 149 Å². The Morgan fingerprint density at radius 3 is 1.96 bits per heavy atom. The summed E-state index contributed by atoms with van der Waals surface area (Å²) in [5.41, 5.74) is -1.45. The fraction of sp³-hybridized carbons (Fsp3) is 0.375. The molecule has 2 rings (SSSR count). The van der Waals surface area contributed by atoms with E-state index < -0.39 is 71.4 Å². The van der Waals surface area contributed by atoms with Crippen molar-refractivity contribution < 1.29 is 46.9 Å². The summed E-state index contributed by atoms with van der Waals surface area (Å²) in [6, 6.07) is -1.22. The Morgan fingerprint density at radius 1 is 0.963 bits per heavy atom. The molecule has 1 amide bonds. The van der Waals surface area contributed by atoms with Crippen LogP contribution >= 0.6 is 0 Å². The molecule has 0 aliphatic carbocycles. The van der Waals surface area contributed by atoms with Crippen molar-refractivity contribution in [2.45, 2.75) is 25.3 Å². The van der Waals surface area contributed by atoms with Crippen LogP contribution in [0, 0.1) is 29.1 Å². The molecule has 1 aromatic carbocycles. The fourth-order valence-electron chi connectivity index (χ4n) is 2.90. The second-order valence-electron chi connectivity index (χ2n) is 5.86. The monoisotopic (exact) mass is 395 g/mol. The Balaban J connectivity index is 2.47. The molecule has 0 aromatic heterocycles. The van der Waals surface area contributed by atoms with E-state index in [2.05, 4.69) is 0 Å². The number of carbonyl (C=O) groups excluding carboxylic acids is 1. The van der Waals surface area contributed by atoms with Gasteiger partial charge in [0.1, 0.15) is 17.9 Å². The Morgan fingerprint density at radius 2 is 1.48 bits per heavy atom. The van der Waals surface area contributed by atoms with Crippen molar-refractivity contribution >= 4 is 11.9 Å². The van der Waals surface area contributed by atoms with Gasteiger partial charge in [-0.15, -0.1) is 0 Å². The highest BCUT2D eigenvalue weighted by atomic mass is 19.2. The van der Waals surface area contributed by atoms with Gasteiger partial charge in [0.25, 0.3) is 5.91 Å². The molecule has 1 fully saturated rings. The maximum atomic E-state index is 13.9. The van der Waals surface area contributed by atoms with E-state index in [0.717, 1.165) is 0 Å². The zero-order valence-corrected chi connectivity index (χ0v) is 13.6. The molecule has 1 aliphatic heterocycles. The van der Waals surface area contributed by atoms with Gasteiger partial charge >= 0.3 is 5.97 Å². The van der Waals surface area contributed by atoms with E-state index in [1.165, 1.54) is 0 Å². The van der Waals surface area contributed by atoms with Gasteiger partial charge < -0.3 is 20.2 Å². The number of hydrogen-bond donors (Lipinski definition) is 3. The van der Waals surface area contributed by atoms with Gasteiger partial charge in [-0.3, -0.25) is 9.59 Å². The average Bonchev–Trinajstić information content (AvgIpc) is 2.63. The molecule has 0 spiro atoms. The summed E-state index contributed by atoms with van der Waals surface area (Å²) in [4.78, 5) is 24.2. The maximum absolute atomic E-state index is 13.9. The predicted molar refractivity (Wildman–Crippen MR) is 79.3 cm³/mol. The minimum atomic E-state index is -2.42. The lowest BCUT2D eigenvalue weighted by atomic mass is 9.92. The lowest BCUT2D eigenvalue weighted by Gasteiger charge is -2.36. The van der Waals surface area contributed by atoms with Crippen molar-refractivity contribution in [1.29, 1.82) is 0 Å². The van der Waals surface area contributed by atoms with Crippen LogP contribution in [0.15, 0.2) is 11.3 Å². The van der Waals surface area contributed by atoms with Crippen LogP contribution in [0.4, 0.5) is 22.0 Å². The van der Waals surface area contributed by atoms with E-state index in [4.69, 9.17) is 10.2 Å². The minimum absolute atomic E-state index is 0.0797. The summed E-state index contributed by atoms with van der Waals surface area (Å²) < 4.78 is 67.6. The van der Waals surface area contributed by atoms with Crippen molar-refractivity contribution in [3.63, 3.8) is 0 Å². The minimum Gasteiger partial charge on any atom is -0.510 e. The third kappa shape index (κ3) is 3.87. The molecule has 6 nitrogen and oxygen atoms in total. The molecule has 0 bridgehead atoms. The first kappa shape index (κ1) is 20.6. The van der Waals surface area contributed by atoms with Crippen LogP contribution < -0.4 is 0 Å². The van der Waals surface area contributed by atoms with E-state index in [-0.39, 0.29) is 25.0 Å². The number of carboxylic acid groups (broad SMARTS) is 1. The fourth-order valence-corrected chi connectivity index (χ4v) is 2.90. The van der Waals surface area contributed by atoms with E-state index >= 15 is 0 Å². The molecule has 0 radical (unpaired) electrons. The summed E-state index contributed by atoms with van der Waals surface area (Å²) in [5, 5.41) is 27.5. The maximum Gasteiger partial charge on any atom is 0.305 e. The number of benzene rings is 1. The van der Waals surface area contributed by atoms with Crippen LogP contribution in [-0.4, -0.2) is 51.3 Å². The second-order valence-corrected chi connectivity index (χ2v) is 5.86. The summed E-state index contributed by atoms with van der Waals surface area (Å²) in [6.45, 7) is -1.09. The molecule has 0 saturated carbocycles. The third-order valence-electron chi connectivity index (χ3n) is 4.23. The molecule has 1 atom stereocenters. The largest absolute Gasteiger partial charge is 0.510 e. The number of amides is 1. The number of aliphatic hydroxyl groups excluding tert-OH is 2. The van der Waals surface area contributed by atoms with Crippen LogP contribution in [0.1, 0.15) is 29.6 Å².